The molecule has 0 spiro atoms. The van der Waals surface area contributed by atoms with E-state index in [2.05, 4.69) is 4.99 Å². The fourth-order valence-electron chi connectivity index (χ4n) is 4.23. The minimum Gasteiger partial charge on any atom is -0.545 e. The van der Waals surface area contributed by atoms with Crippen LogP contribution in [0.25, 0.3) is 17.4 Å². The molecule has 0 saturated heterocycles. The van der Waals surface area contributed by atoms with Gasteiger partial charge in [0.1, 0.15) is 11.5 Å². The number of esters is 1. The lowest BCUT2D eigenvalue weighted by atomic mass is 9.96. The first-order valence-electron chi connectivity index (χ1n) is 11.5. The summed E-state index contributed by atoms with van der Waals surface area (Å²) in [6.07, 6.45) is 1.63. The van der Waals surface area contributed by atoms with Crippen molar-refractivity contribution in [1.29, 1.82) is 0 Å². The third-order valence-electron chi connectivity index (χ3n) is 5.94. The van der Waals surface area contributed by atoms with Crippen molar-refractivity contribution in [2.75, 3.05) is 6.61 Å². The first kappa shape index (κ1) is 24.2. The summed E-state index contributed by atoms with van der Waals surface area (Å²) in [5, 5.41) is 11.0. The maximum atomic E-state index is 13.6. The molecule has 2 aromatic heterocycles. The van der Waals surface area contributed by atoms with Crippen molar-refractivity contribution < 1.29 is 23.8 Å². The molecule has 1 atom stereocenters. The van der Waals surface area contributed by atoms with E-state index in [-0.39, 0.29) is 17.7 Å². The molecule has 0 fully saturated rings. The molecular formula is C28H21N2O6S-. The minimum atomic E-state index is -1.25. The molecule has 9 heteroatoms. The third-order valence-corrected chi connectivity index (χ3v) is 6.92. The number of hydrogen-bond donors (Lipinski definition) is 0. The number of aromatic nitrogens is 1. The molecule has 5 rings (SSSR count). The zero-order chi connectivity index (χ0) is 26.1. The molecule has 1 aliphatic heterocycles. The number of thiazole rings is 1. The molecular weight excluding hydrogens is 492 g/mol. The normalized spacial score (nSPS) is 15.3. The molecule has 0 bridgehead atoms. The summed E-state index contributed by atoms with van der Waals surface area (Å²) in [7, 11) is 0. The molecule has 186 valence electrons. The average Bonchev–Trinajstić information content (AvgIpc) is 3.48. The second-order valence-electron chi connectivity index (χ2n) is 8.28. The van der Waals surface area contributed by atoms with Gasteiger partial charge in [-0.3, -0.25) is 9.36 Å². The highest BCUT2D eigenvalue weighted by atomic mass is 32.1. The highest BCUT2D eigenvalue weighted by Crippen LogP contribution is 2.30. The van der Waals surface area contributed by atoms with Gasteiger partial charge in [-0.2, -0.15) is 0 Å². The minimum absolute atomic E-state index is 0.0714. The Labute approximate surface area is 215 Å². The van der Waals surface area contributed by atoms with Gasteiger partial charge in [-0.05, 0) is 37.1 Å². The Bertz CT molecular complexity index is 1710. The number of allylic oxidation sites excluding steroid dienone is 1. The Hall–Kier alpha value is -4.50. The van der Waals surface area contributed by atoms with Gasteiger partial charge in [-0.1, -0.05) is 65.9 Å². The van der Waals surface area contributed by atoms with Gasteiger partial charge in [0, 0.05) is 11.6 Å². The van der Waals surface area contributed by atoms with Gasteiger partial charge in [-0.15, -0.1) is 0 Å². The highest BCUT2D eigenvalue weighted by molar-refractivity contribution is 7.07. The van der Waals surface area contributed by atoms with Crippen LogP contribution in [0.2, 0.25) is 0 Å². The largest absolute Gasteiger partial charge is 0.545 e. The number of furan rings is 1. The van der Waals surface area contributed by atoms with Crippen LogP contribution in [0.5, 0.6) is 0 Å². The van der Waals surface area contributed by atoms with Crippen LogP contribution in [0.15, 0.2) is 92.2 Å². The van der Waals surface area contributed by atoms with Crippen LogP contribution in [0, 0.1) is 0 Å². The SMILES string of the molecule is CCOC(=O)C1=C(C)N=c2s/c(=C\c3ccc(-c4ccc(C(=O)[O-])cc4)o3)c(=O)n2[C@H]1c1ccccc1. The Morgan fingerprint density at radius 3 is 2.51 bits per heavy atom. The van der Waals surface area contributed by atoms with Gasteiger partial charge < -0.3 is 19.1 Å². The van der Waals surface area contributed by atoms with E-state index < -0.39 is 18.0 Å². The fourth-order valence-corrected chi connectivity index (χ4v) is 5.25. The number of ether oxygens (including phenoxy) is 1. The van der Waals surface area contributed by atoms with E-state index in [1.165, 1.54) is 28.0 Å². The lowest BCUT2D eigenvalue weighted by Gasteiger charge is -2.24. The first-order chi connectivity index (χ1) is 17.9. The van der Waals surface area contributed by atoms with Gasteiger partial charge in [0.25, 0.3) is 5.56 Å². The molecule has 37 heavy (non-hydrogen) atoms. The summed E-state index contributed by atoms with van der Waals surface area (Å²) in [5.41, 5.74) is 2.05. The third kappa shape index (κ3) is 4.56. The van der Waals surface area contributed by atoms with E-state index in [0.717, 1.165) is 5.56 Å². The number of carbonyl (C=O) groups is 2. The molecule has 1 aliphatic rings. The van der Waals surface area contributed by atoms with E-state index in [1.807, 2.05) is 30.3 Å². The van der Waals surface area contributed by atoms with Gasteiger partial charge in [-0.25, -0.2) is 9.79 Å². The Balaban J connectivity index is 1.59. The molecule has 0 aliphatic carbocycles. The Kier molecular flexibility index (Phi) is 6.45. The lowest BCUT2D eigenvalue weighted by molar-refractivity contribution is -0.255. The van der Waals surface area contributed by atoms with Crippen molar-refractivity contribution in [3.05, 3.63) is 115 Å². The van der Waals surface area contributed by atoms with Gasteiger partial charge in [0.15, 0.2) is 4.80 Å². The molecule has 0 saturated carbocycles. The van der Waals surface area contributed by atoms with Crippen LogP contribution in [-0.2, 0) is 9.53 Å². The molecule has 0 unspecified atom stereocenters. The van der Waals surface area contributed by atoms with Gasteiger partial charge in [0.05, 0.1) is 34.4 Å². The maximum Gasteiger partial charge on any atom is 0.338 e. The lowest BCUT2D eigenvalue weighted by Crippen LogP contribution is -2.39. The summed E-state index contributed by atoms with van der Waals surface area (Å²) >= 11 is 1.21. The molecule has 8 nitrogen and oxygen atoms in total. The van der Waals surface area contributed by atoms with Crippen molar-refractivity contribution in [2.24, 2.45) is 4.99 Å². The zero-order valence-corrected chi connectivity index (χ0v) is 20.8. The van der Waals surface area contributed by atoms with E-state index in [4.69, 9.17) is 9.15 Å². The summed E-state index contributed by atoms with van der Waals surface area (Å²) in [4.78, 5) is 42.5. The highest BCUT2D eigenvalue weighted by Gasteiger charge is 2.33. The fraction of sp³-hybridized carbons (Fsp3) is 0.143. The predicted octanol–water partition coefficient (Wildman–Crippen LogP) is 2.42. The molecule has 0 amide bonds. The molecule has 0 N–H and O–H groups in total. The quantitative estimate of drug-likeness (QED) is 0.366. The smallest absolute Gasteiger partial charge is 0.338 e. The second kappa shape index (κ2) is 9.87. The van der Waals surface area contributed by atoms with E-state index in [0.29, 0.717) is 37.7 Å². The number of hydrogen-bond acceptors (Lipinski definition) is 8. The van der Waals surface area contributed by atoms with Crippen LogP contribution in [-0.4, -0.2) is 23.1 Å². The molecule has 2 aromatic carbocycles. The van der Waals surface area contributed by atoms with Crippen LogP contribution in [0.3, 0.4) is 0 Å². The number of aromatic carboxylic acids is 1. The summed E-state index contributed by atoms with van der Waals surface area (Å²) in [5.74, 6) is -0.794. The second-order valence-corrected chi connectivity index (χ2v) is 9.29. The molecule has 0 radical (unpaired) electrons. The van der Waals surface area contributed by atoms with Crippen LogP contribution in [0.4, 0.5) is 0 Å². The number of nitrogens with zero attached hydrogens (tertiary/aromatic N) is 2. The van der Waals surface area contributed by atoms with Gasteiger partial charge >= 0.3 is 5.97 Å². The van der Waals surface area contributed by atoms with Crippen LogP contribution >= 0.6 is 11.3 Å². The maximum absolute atomic E-state index is 13.6. The molecule has 4 aromatic rings. The summed E-state index contributed by atoms with van der Waals surface area (Å²) < 4.78 is 13.1. The number of fused-ring (bicyclic) bond motifs is 1. The average molecular weight is 514 g/mol. The number of rotatable bonds is 6. The van der Waals surface area contributed by atoms with Crippen LogP contribution < -0.4 is 20.0 Å². The topological polar surface area (TPSA) is 114 Å². The van der Waals surface area contributed by atoms with Crippen molar-refractivity contribution in [3.63, 3.8) is 0 Å². The Morgan fingerprint density at radius 1 is 1.11 bits per heavy atom. The number of benzene rings is 2. The Morgan fingerprint density at radius 2 is 1.84 bits per heavy atom. The number of carboxylic acids is 1. The summed E-state index contributed by atoms with van der Waals surface area (Å²) in [6.45, 7) is 3.68. The van der Waals surface area contributed by atoms with E-state index in [1.54, 1.807) is 44.2 Å². The van der Waals surface area contributed by atoms with E-state index >= 15 is 0 Å². The van der Waals surface area contributed by atoms with E-state index in [9.17, 15) is 19.5 Å². The summed E-state index contributed by atoms with van der Waals surface area (Å²) in [6, 6.07) is 18.2. The monoisotopic (exact) mass is 513 g/mol. The number of carbonyl (C=O) groups excluding carboxylic acids is 2. The zero-order valence-electron chi connectivity index (χ0n) is 20.0. The van der Waals surface area contributed by atoms with Crippen molar-refractivity contribution >= 4 is 29.4 Å². The van der Waals surface area contributed by atoms with Crippen LogP contribution in [0.1, 0.15) is 41.6 Å². The predicted molar refractivity (Wildman–Crippen MR) is 135 cm³/mol. The number of carboxylic acid groups (broad SMARTS) is 1. The van der Waals surface area contributed by atoms with Crippen molar-refractivity contribution in [2.45, 2.75) is 19.9 Å². The standard InChI is InChI=1S/C28H22N2O6S/c1-3-35-27(34)23-16(2)29-28-30(24(23)18-7-5-4-6-8-18)25(31)22(37-28)15-20-13-14-21(36-20)17-9-11-19(12-10-17)26(32)33/h4-15,24H,3H2,1-2H3,(H,32,33)/p-1/b22-15-/t24-/m0/s1. The first-order valence-corrected chi connectivity index (χ1v) is 12.3. The van der Waals surface area contributed by atoms with Crippen molar-refractivity contribution in [1.82, 2.24) is 4.57 Å². The van der Waals surface area contributed by atoms with Gasteiger partial charge in [0.2, 0.25) is 0 Å². The van der Waals surface area contributed by atoms with Crippen molar-refractivity contribution in [3.8, 4) is 11.3 Å². The molecule has 3 heterocycles.